The van der Waals surface area contributed by atoms with Crippen molar-refractivity contribution in [1.82, 2.24) is 10.3 Å². The molecule has 31 heavy (non-hydrogen) atoms. The maximum atomic E-state index is 13.6. The summed E-state index contributed by atoms with van der Waals surface area (Å²) in [7, 11) is 0. The number of carbonyl (C=O) groups is 2. The number of rotatable bonds is 5. The van der Waals surface area contributed by atoms with Gasteiger partial charge in [0.15, 0.2) is 0 Å². The number of nitrogens with one attached hydrogen (secondary N) is 1. The van der Waals surface area contributed by atoms with E-state index in [0.717, 1.165) is 43.2 Å². The van der Waals surface area contributed by atoms with Gasteiger partial charge in [-0.1, -0.05) is 25.3 Å². The number of benzene rings is 1. The van der Waals surface area contributed by atoms with E-state index in [9.17, 15) is 22.8 Å². The number of hydrogen-bond donors (Lipinski definition) is 1. The third-order valence-electron chi connectivity index (χ3n) is 5.71. The van der Waals surface area contributed by atoms with Crippen molar-refractivity contribution in [2.75, 3.05) is 4.90 Å². The number of anilines is 1. The van der Waals surface area contributed by atoms with Gasteiger partial charge in [0.05, 0.1) is 0 Å². The molecule has 5 nitrogen and oxygen atoms in total. The fourth-order valence-electron chi connectivity index (χ4n) is 3.89. The van der Waals surface area contributed by atoms with Crippen LogP contribution in [0, 0.1) is 13.8 Å². The lowest BCUT2D eigenvalue weighted by molar-refractivity contribution is -0.171. The smallest absolute Gasteiger partial charge is 0.351 e. The number of alkyl halides is 3. The van der Waals surface area contributed by atoms with E-state index in [1.54, 1.807) is 13.0 Å². The van der Waals surface area contributed by atoms with E-state index in [2.05, 4.69) is 10.3 Å². The highest BCUT2D eigenvalue weighted by Gasteiger charge is 2.47. The summed E-state index contributed by atoms with van der Waals surface area (Å²) in [6.45, 7) is 3.57. The molecule has 0 aliphatic heterocycles. The van der Waals surface area contributed by atoms with Crippen LogP contribution >= 0.6 is 0 Å². The number of carbonyl (C=O) groups excluding carboxylic acids is 2. The van der Waals surface area contributed by atoms with Crippen LogP contribution in [0.15, 0.2) is 42.7 Å². The van der Waals surface area contributed by atoms with Crippen LogP contribution in [0.5, 0.6) is 0 Å². The summed E-state index contributed by atoms with van der Waals surface area (Å²) in [5.74, 6) is -2.72. The van der Waals surface area contributed by atoms with Crippen LogP contribution in [0.1, 0.15) is 54.8 Å². The van der Waals surface area contributed by atoms with Gasteiger partial charge in [-0.3, -0.25) is 19.5 Å². The van der Waals surface area contributed by atoms with E-state index >= 15 is 0 Å². The lowest BCUT2D eigenvalue weighted by Crippen LogP contribution is -2.50. The van der Waals surface area contributed by atoms with Crippen LogP contribution in [-0.4, -0.2) is 29.0 Å². The molecule has 0 spiro atoms. The molecule has 8 heteroatoms. The minimum absolute atomic E-state index is 0.0195. The minimum Gasteiger partial charge on any atom is -0.351 e. The third kappa shape index (κ3) is 5.42. The first kappa shape index (κ1) is 22.8. The number of aryl methyl sites for hydroxylation is 2. The van der Waals surface area contributed by atoms with Crippen molar-refractivity contribution in [3.05, 3.63) is 59.4 Å². The molecule has 2 aromatic rings. The van der Waals surface area contributed by atoms with Crippen LogP contribution in [0.4, 0.5) is 18.9 Å². The Morgan fingerprint density at radius 1 is 1.03 bits per heavy atom. The number of halogens is 3. The number of amides is 2. The lowest BCUT2D eigenvalue weighted by Gasteiger charge is -2.34. The Morgan fingerprint density at radius 3 is 2.26 bits per heavy atom. The Balaban J connectivity index is 2.08. The molecule has 2 amide bonds. The van der Waals surface area contributed by atoms with Gasteiger partial charge >= 0.3 is 12.1 Å². The molecule has 1 N–H and O–H groups in total. The summed E-state index contributed by atoms with van der Waals surface area (Å²) >= 11 is 0. The highest BCUT2D eigenvalue weighted by Crippen LogP contribution is 2.34. The monoisotopic (exact) mass is 433 g/mol. The van der Waals surface area contributed by atoms with Crippen molar-refractivity contribution in [2.45, 2.75) is 64.2 Å². The Kier molecular flexibility index (Phi) is 6.97. The molecule has 1 aliphatic rings. The highest BCUT2D eigenvalue weighted by atomic mass is 19.4. The van der Waals surface area contributed by atoms with Crippen LogP contribution < -0.4 is 10.2 Å². The molecule has 0 radical (unpaired) electrons. The van der Waals surface area contributed by atoms with E-state index in [4.69, 9.17) is 0 Å². The molecule has 1 atom stereocenters. The average molecular weight is 433 g/mol. The fraction of sp³-hybridized carbons (Fsp3) is 0.435. The quantitative estimate of drug-likeness (QED) is 0.738. The molecule has 3 rings (SSSR count). The zero-order chi connectivity index (χ0) is 22.6. The number of pyridine rings is 1. The van der Waals surface area contributed by atoms with Crippen LogP contribution in [0.2, 0.25) is 0 Å². The Morgan fingerprint density at radius 2 is 1.68 bits per heavy atom. The SMILES string of the molecule is Cc1ccc(N(C(=O)C(F)(F)F)[C@H](C(=O)NC2CCCCC2)c2ccncc2)cc1C. The molecule has 1 heterocycles. The Labute approximate surface area is 179 Å². The normalized spacial score (nSPS) is 15.9. The van der Waals surface area contributed by atoms with Crippen LogP contribution in [0.3, 0.4) is 0 Å². The number of nitrogens with zero attached hydrogens (tertiary/aromatic N) is 2. The van der Waals surface area contributed by atoms with Gasteiger partial charge in [0.2, 0.25) is 5.91 Å². The number of aromatic nitrogens is 1. The molecule has 1 aromatic heterocycles. The Hall–Kier alpha value is -2.90. The first-order valence-corrected chi connectivity index (χ1v) is 10.4. The molecule has 0 unspecified atom stereocenters. The van der Waals surface area contributed by atoms with Gasteiger partial charge in [-0.05, 0) is 67.6 Å². The minimum atomic E-state index is -5.14. The zero-order valence-corrected chi connectivity index (χ0v) is 17.6. The summed E-state index contributed by atoms with van der Waals surface area (Å²) in [5.41, 5.74) is 1.87. The second-order valence-corrected chi connectivity index (χ2v) is 7.97. The zero-order valence-electron chi connectivity index (χ0n) is 17.6. The molecule has 166 valence electrons. The molecule has 1 aromatic carbocycles. The predicted molar refractivity (Wildman–Crippen MR) is 111 cm³/mol. The largest absolute Gasteiger partial charge is 0.471 e. The standard InChI is InChI=1S/C23H26F3N3O2/c1-15-8-9-19(14-16(15)2)29(22(31)23(24,25)26)20(17-10-12-27-13-11-17)21(30)28-18-6-4-3-5-7-18/h8-14,18,20H,3-7H2,1-2H3,(H,28,30)/t20-/m0/s1. The average Bonchev–Trinajstić information content (AvgIpc) is 2.74. The van der Waals surface area contributed by atoms with Crippen molar-refractivity contribution in [2.24, 2.45) is 0 Å². The van der Waals surface area contributed by atoms with E-state index in [1.807, 2.05) is 6.92 Å². The fourth-order valence-corrected chi connectivity index (χ4v) is 3.89. The van der Waals surface area contributed by atoms with Gasteiger partial charge in [-0.25, -0.2) is 0 Å². The molecule has 0 saturated heterocycles. The van der Waals surface area contributed by atoms with Gasteiger partial charge in [0.1, 0.15) is 6.04 Å². The van der Waals surface area contributed by atoms with Crippen molar-refractivity contribution in [3.8, 4) is 0 Å². The summed E-state index contributed by atoms with van der Waals surface area (Å²) in [4.78, 5) is 30.3. The molecule has 1 aliphatic carbocycles. The lowest BCUT2D eigenvalue weighted by atomic mass is 9.94. The summed E-state index contributed by atoms with van der Waals surface area (Å²) in [6, 6.07) is 5.92. The Bertz CT molecular complexity index is 925. The van der Waals surface area contributed by atoms with Gasteiger partial charge in [-0.2, -0.15) is 13.2 Å². The first-order chi connectivity index (χ1) is 14.7. The second-order valence-electron chi connectivity index (χ2n) is 7.97. The predicted octanol–water partition coefficient (Wildman–Crippen LogP) is 4.78. The van der Waals surface area contributed by atoms with E-state index in [-0.39, 0.29) is 17.3 Å². The molecular formula is C23H26F3N3O2. The molecular weight excluding hydrogens is 407 g/mol. The molecule has 1 fully saturated rings. The van der Waals surface area contributed by atoms with Crippen molar-refractivity contribution in [1.29, 1.82) is 0 Å². The maximum Gasteiger partial charge on any atom is 0.471 e. The maximum absolute atomic E-state index is 13.6. The third-order valence-corrected chi connectivity index (χ3v) is 5.71. The summed E-state index contributed by atoms with van der Waals surface area (Å²) in [6.07, 6.45) is 2.16. The first-order valence-electron chi connectivity index (χ1n) is 10.4. The van der Waals surface area contributed by atoms with E-state index in [0.29, 0.717) is 4.90 Å². The molecule has 0 bridgehead atoms. The van der Waals surface area contributed by atoms with Gasteiger partial charge in [0.25, 0.3) is 0 Å². The summed E-state index contributed by atoms with van der Waals surface area (Å²) in [5, 5.41) is 2.88. The van der Waals surface area contributed by atoms with Crippen LogP contribution in [-0.2, 0) is 9.59 Å². The van der Waals surface area contributed by atoms with Gasteiger partial charge in [-0.15, -0.1) is 0 Å². The highest BCUT2D eigenvalue weighted by molar-refractivity contribution is 6.04. The van der Waals surface area contributed by atoms with Gasteiger partial charge < -0.3 is 5.32 Å². The van der Waals surface area contributed by atoms with Crippen molar-refractivity contribution < 1.29 is 22.8 Å². The summed E-state index contributed by atoms with van der Waals surface area (Å²) < 4.78 is 40.9. The van der Waals surface area contributed by atoms with Crippen LogP contribution in [0.25, 0.3) is 0 Å². The van der Waals surface area contributed by atoms with Crippen molar-refractivity contribution in [3.63, 3.8) is 0 Å². The van der Waals surface area contributed by atoms with E-state index in [1.165, 1.54) is 36.7 Å². The molecule has 1 saturated carbocycles. The topological polar surface area (TPSA) is 62.3 Å². The van der Waals surface area contributed by atoms with E-state index < -0.39 is 24.0 Å². The second kappa shape index (κ2) is 9.49. The van der Waals surface area contributed by atoms with Gasteiger partial charge in [0, 0.05) is 24.1 Å². The number of hydrogen-bond acceptors (Lipinski definition) is 3. The van der Waals surface area contributed by atoms with Crippen molar-refractivity contribution >= 4 is 17.5 Å².